The van der Waals surface area contributed by atoms with E-state index in [1.165, 1.54) is 0 Å². The van der Waals surface area contributed by atoms with Gasteiger partial charge < -0.3 is 4.74 Å². The summed E-state index contributed by atoms with van der Waals surface area (Å²) < 4.78 is 7.13. The van der Waals surface area contributed by atoms with Crippen LogP contribution in [0.25, 0.3) is 22.6 Å². The monoisotopic (exact) mass is 349 g/mol. The largest absolute Gasteiger partial charge is 0.359 e. The summed E-state index contributed by atoms with van der Waals surface area (Å²) >= 11 is 11.9. The van der Waals surface area contributed by atoms with E-state index in [0.29, 0.717) is 29.7 Å². The third kappa shape index (κ3) is 3.50. The highest BCUT2D eigenvalue weighted by atomic mass is 35.5. The molecule has 0 unspecified atom stereocenters. The molecule has 0 saturated carbocycles. The SMILES string of the molecule is CCOCn1nnc(-c2ccnc(Cl)n2)c1-c1ccc(Cl)cc1. The van der Waals surface area contributed by atoms with Gasteiger partial charge in [0.1, 0.15) is 18.1 Å². The number of ether oxygens (including phenoxy) is 1. The van der Waals surface area contributed by atoms with Gasteiger partial charge in [0.15, 0.2) is 0 Å². The summed E-state index contributed by atoms with van der Waals surface area (Å²) in [5.74, 6) is 0. The molecule has 23 heavy (non-hydrogen) atoms. The van der Waals surface area contributed by atoms with Crippen molar-refractivity contribution in [2.75, 3.05) is 6.61 Å². The van der Waals surface area contributed by atoms with Crippen molar-refractivity contribution in [3.05, 3.63) is 46.8 Å². The van der Waals surface area contributed by atoms with E-state index >= 15 is 0 Å². The van der Waals surface area contributed by atoms with Crippen molar-refractivity contribution in [2.45, 2.75) is 13.7 Å². The Morgan fingerprint density at radius 2 is 1.91 bits per heavy atom. The Morgan fingerprint density at radius 3 is 2.61 bits per heavy atom. The second-order valence-corrected chi connectivity index (χ2v) is 5.40. The molecule has 0 atom stereocenters. The van der Waals surface area contributed by atoms with E-state index in [1.54, 1.807) is 16.9 Å². The number of benzene rings is 1. The van der Waals surface area contributed by atoms with E-state index in [1.807, 2.05) is 31.2 Å². The van der Waals surface area contributed by atoms with E-state index in [9.17, 15) is 0 Å². The van der Waals surface area contributed by atoms with Crippen molar-refractivity contribution >= 4 is 23.2 Å². The summed E-state index contributed by atoms with van der Waals surface area (Å²) in [6.45, 7) is 2.79. The van der Waals surface area contributed by atoms with Crippen LogP contribution in [0.3, 0.4) is 0 Å². The molecular formula is C15H13Cl2N5O. The third-order valence-electron chi connectivity index (χ3n) is 3.14. The number of hydrogen-bond acceptors (Lipinski definition) is 5. The molecule has 0 aliphatic carbocycles. The summed E-state index contributed by atoms with van der Waals surface area (Å²) in [5, 5.41) is 9.21. The van der Waals surface area contributed by atoms with Crippen LogP contribution in [-0.2, 0) is 11.5 Å². The fourth-order valence-electron chi connectivity index (χ4n) is 2.11. The minimum Gasteiger partial charge on any atom is -0.359 e. The molecule has 0 radical (unpaired) electrons. The molecule has 118 valence electrons. The quantitative estimate of drug-likeness (QED) is 0.657. The molecule has 0 N–H and O–H groups in total. The highest BCUT2D eigenvalue weighted by molar-refractivity contribution is 6.30. The van der Waals surface area contributed by atoms with Crippen LogP contribution < -0.4 is 0 Å². The first-order chi connectivity index (χ1) is 11.2. The van der Waals surface area contributed by atoms with E-state index in [0.717, 1.165) is 11.3 Å². The lowest BCUT2D eigenvalue weighted by Gasteiger charge is -2.08. The van der Waals surface area contributed by atoms with Crippen LogP contribution in [-0.4, -0.2) is 31.6 Å². The molecule has 0 fully saturated rings. The number of aromatic nitrogens is 5. The van der Waals surface area contributed by atoms with Crippen LogP contribution in [0.2, 0.25) is 10.3 Å². The molecule has 6 nitrogen and oxygen atoms in total. The lowest BCUT2D eigenvalue weighted by molar-refractivity contribution is 0.0790. The van der Waals surface area contributed by atoms with Crippen LogP contribution in [0.4, 0.5) is 0 Å². The number of halogens is 2. The van der Waals surface area contributed by atoms with Gasteiger partial charge >= 0.3 is 0 Å². The molecule has 0 saturated heterocycles. The van der Waals surface area contributed by atoms with E-state index < -0.39 is 0 Å². The second-order valence-electron chi connectivity index (χ2n) is 4.63. The second kappa shape index (κ2) is 7.04. The van der Waals surface area contributed by atoms with Gasteiger partial charge in [-0.25, -0.2) is 14.6 Å². The molecule has 3 rings (SSSR count). The van der Waals surface area contributed by atoms with Crippen LogP contribution in [0.5, 0.6) is 0 Å². The fourth-order valence-corrected chi connectivity index (χ4v) is 2.39. The fraction of sp³-hybridized carbons (Fsp3) is 0.200. The van der Waals surface area contributed by atoms with E-state index in [2.05, 4.69) is 20.3 Å². The topological polar surface area (TPSA) is 65.7 Å². The molecule has 2 aromatic heterocycles. The first-order valence-corrected chi connectivity index (χ1v) is 7.70. The van der Waals surface area contributed by atoms with Gasteiger partial charge in [0.2, 0.25) is 5.28 Å². The average molecular weight is 350 g/mol. The predicted molar refractivity (Wildman–Crippen MR) is 88.1 cm³/mol. The number of nitrogens with zero attached hydrogens (tertiary/aromatic N) is 5. The Morgan fingerprint density at radius 1 is 1.13 bits per heavy atom. The lowest BCUT2D eigenvalue weighted by Crippen LogP contribution is -2.06. The van der Waals surface area contributed by atoms with Gasteiger partial charge in [0.05, 0.1) is 5.69 Å². The highest BCUT2D eigenvalue weighted by Gasteiger charge is 2.18. The maximum atomic E-state index is 5.97. The number of rotatable bonds is 5. The molecule has 8 heteroatoms. The van der Waals surface area contributed by atoms with Crippen LogP contribution >= 0.6 is 23.2 Å². The van der Waals surface area contributed by atoms with Gasteiger partial charge in [-0.2, -0.15) is 0 Å². The maximum Gasteiger partial charge on any atom is 0.222 e. The molecule has 2 heterocycles. The zero-order chi connectivity index (χ0) is 16.2. The summed E-state index contributed by atoms with van der Waals surface area (Å²) in [5.41, 5.74) is 2.89. The lowest BCUT2D eigenvalue weighted by atomic mass is 10.1. The minimum atomic E-state index is 0.156. The molecule has 1 aromatic carbocycles. The van der Waals surface area contributed by atoms with Crippen LogP contribution in [0.1, 0.15) is 6.92 Å². The molecule has 0 spiro atoms. The maximum absolute atomic E-state index is 5.97. The summed E-state index contributed by atoms with van der Waals surface area (Å²) in [4.78, 5) is 8.11. The Balaban J connectivity index is 2.12. The van der Waals surface area contributed by atoms with E-state index in [4.69, 9.17) is 27.9 Å². The molecular weight excluding hydrogens is 337 g/mol. The van der Waals surface area contributed by atoms with Crippen molar-refractivity contribution in [1.29, 1.82) is 0 Å². The van der Waals surface area contributed by atoms with Gasteiger partial charge in [-0.15, -0.1) is 5.10 Å². The predicted octanol–water partition coefficient (Wildman–Crippen LogP) is 3.70. The smallest absolute Gasteiger partial charge is 0.222 e. The zero-order valence-corrected chi connectivity index (χ0v) is 13.8. The molecule has 0 amide bonds. The van der Waals surface area contributed by atoms with Gasteiger partial charge in [0.25, 0.3) is 0 Å². The van der Waals surface area contributed by atoms with E-state index in [-0.39, 0.29) is 5.28 Å². The first-order valence-electron chi connectivity index (χ1n) is 6.95. The Bertz CT molecular complexity index is 804. The summed E-state index contributed by atoms with van der Waals surface area (Å²) in [6, 6.07) is 9.16. The zero-order valence-electron chi connectivity index (χ0n) is 12.3. The highest BCUT2D eigenvalue weighted by Crippen LogP contribution is 2.30. The van der Waals surface area contributed by atoms with Crippen molar-refractivity contribution in [1.82, 2.24) is 25.0 Å². The first kappa shape index (κ1) is 15.9. The molecule has 0 bridgehead atoms. The standard InChI is InChI=1S/C15H13Cl2N5O/c1-2-23-9-22-14(10-3-5-11(16)6-4-10)13(20-21-22)12-7-8-18-15(17)19-12/h3-8H,2,9H2,1H3. The van der Waals surface area contributed by atoms with Gasteiger partial charge in [-0.1, -0.05) is 28.9 Å². The minimum absolute atomic E-state index is 0.156. The Hall–Kier alpha value is -2.02. The van der Waals surface area contributed by atoms with Gasteiger partial charge in [-0.3, -0.25) is 0 Å². The number of hydrogen-bond donors (Lipinski definition) is 0. The van der Waals surface area contributed by atoms with Crippen molar-refractivity contribution in [2.24, 2.45) is 0 Å². The third-order valence-corrected chi connectivity index (χ3v) is 3.57. The van der Waals surface area contributed by atoms with Crippen LogP contribution in [0.15, 0.2) is 36.5 Å². The summed E-state index contributed by atoms with van der Waals surface area (Å²) in [7, 11) is 0. The molecule has 0 aliphatic rings. The molecule has 0 aliphatic heterocycles. The van der Waals surface area contributed by atoms with Gasteiger partial charge in [0, 0.05) is 23.4 Å². The Kier molecular flexibility index (Phi) is 4.85. The van der Waals surface area contributed by atoms with Crippen LogP contribution in [0, 0.1) is 0 Å². The average Bonchev–Trinajstić information content (AvgIpc) is 2.97. The Labute approximate surface area is 143 Å². The normalized spacial score (nSPS) is 10.9. The molecule has 3 aromatic rings. The van der Waals surface area contributed by atoms with Crippen molar-refractivity contribution < 1.29 is 4.74 Å². The van der Waals surface area contributed by atoms with Crippen molar-refractivity contribution in [3.8, 4) is 22.6 Å². The summed E-state index contributed by atoms with van der Waals surface area (Å²) in [6.07, 6.45) is 1.58. The van der Waals surface area contributed by atoms with Gasteiger partial charge in [-0.05, 0) is 36.7 Å². The van der Waals surface area contributed by atoms with Crippen molar-refractivity contribution in [3.63, 3.8) is 0 Å².